The lowest BCUT2D eigenvalue weighted by atomic mass is 10.2. The number of furan rings is 1. The van der Waals surface area contributed by atoms with E-state index >= 15 is 0 Å². The first-order valence-electron chi connectivity index (χ1n) is 7.27. The van der Waals surface area contributed by atoms with Gasteiger partial charge in [0.25, 0.3) is 0 Å². The Balaban J connectivity index is 2.11. The number of ether oxygens (including phenoxy) is 2. The van der Waals surface area contributed by atoms with Crippen LogP contribution in [0.25, 0.3) is 6.08 Å². The molecule has 0 aliphatic carbocycles. The summed E-state index contributed by atoms with van der Waals surface area (Å²) < 4.78 is 15.3. The van der Waals surface area contributed by atoms with E-state index in [-0.39, 0.29) is 5.91 Å². The Hall–Kier alpha value is -3.02. The predicted octanol–water partition coefficient (Wildman–Crippen LogP) is 3.34. The number of hydrogen-bond donors (Lipinski definition) is 1. The third-order valence-corrected chi connectivity index (χ3v) is 3.35. The van der Waals surface area contributed by atoms with Gasteiger partial charge in [-0.25, -0.2) is 4.79 Å². The maximum atomic E-state index is 12.1. The second kappa shape index (κ2) is 7.50. The molecule has 0 unspecified atom stereocenters. The van der Waals surface area contributed by atoms with Gasteiger partial charge in [0.15, 0.2) is 0 Å². The van der Waals surface area contributed by atoms with Crippen molar-refractivity contribution in [3.05, 3.63) is 53.0 Å². The van der Waals surface area contributed by atoms with E-state index in [1.54, 1.807) is 13.0 Å². The summed E-state index contributed by atoms with van der Waals surface area (Å²) in [6.07, 6.45) is 2.80. The van der Waals surface area contributed by atoms with Gasteiger partial charge in [-0.2, -0.15) is 0 Å². The number of esters is 1. The number of carbonyl (C=O) groups is 2. The molecule has 0 bridgehead atoms. The second-order valence-corrected chi connectivity index (χ2v) is 5.14. The zero-order valence-electron chi connectivity index (χ0n) is 14.0. The van der Waals surface area contributed by atoms with Crippen LogP contribution in [0.3, 0.4) is 0 Å². The first-order valence-corrected chi connectivity index (χ1v) is 7.27. The van der Waals surface area contributed by atoms with E-state index in [9.17, 15) is 9.59 Å². The van der Waals surface area contributed by atoms with Crippen molar-refractivity contribution in [1.82, 2.24) is 0 Å². The molecule has 0 radical (unpaired) electrons. The van der Waals surface area contributed by atoms with Crippen LogP contribution in [0, 0.1) is 13.8 Å². The van der Waals surface area contributed by atoms with Crippen LogP contribution in [0.5, 0.6) is 5.75 Å². The molecule has 6 nitrogen and oxygen atoms in total. The first kappa shape index (κ1) is 17.3. The van der Waals surface area contributed by atoms with Gasteiger partial charge in [-0.1, -0.05) is 6.07 Å². The fourth-order valence-corrected chi connectivity index (χ4v) is 2.15. The lowest BCUT2D eigenvalue weighted by molar-refractivity contribution is -0.111. The van der Waals surface area contributed by atoms with Crippen molar-refractivity contribution in [1.29, 1.82) is 0 Å². The maximum Gasteiger partial charge on any atom is 0.341 e. The maximum absolute atomic E-state index is 12.1. The highest BCUT2D eigenvalue weighted by Gasteiger charge is 2.14. The summed E-state index contributed by atoms with van der Waals surface area (Å²) in [6, 6.07) is 7.02. The molecule has 0 aliphatic rings. The van der Waals surface area contributed by atoms with Gasteiger partial charge < -0.3 is 19.2 Å². The SMILES string of the molecule is COC(=O)c1cc(C=CC(=O)Nc2cc(C)ccc2OC)oc1C. The molecule has 24 heavy (non-hydrogen) atoms. The number of amides is 1. The van der Waals surface area contributed by atoms with Crippen LogP contribution in [0.1, 0.15) is 27.4 Å². The normalized spacial score (nSPS) is 10.7. The third kappa shape index (κ3) is 4.04. The summed E-state index contributed by atoms with van der Waals surface area (Å²) in [5.74, 6) is 0.572. The van der Waals surface area contributed by atoms with Gasteiger partial charge in [0, 0.05) is 6.08 Å². The molecule has 1 amide bonds. The number of nitrogens with one attached hydrogen (secondary N) is 1. The molecule has 1 N–H and O–H groups in total. The number of carbonyl (C=O) groups excluding carboxylic acids is 2. The van der Waals surface area contributed by atoms with E-state index in [0.29, 0.717) is 28.5 Å². The minimum Gasteiger partial charge on any atom is -0.495 e. The van der Waals surface area contributed by atoms with E-state index in [1.165, 1.54) is 32.4 Å². The van der Waals surface area contributed by atoms with Crippen LogP contribution in [0.15, 0.2) is 34.8 Å². The fraction of sp³-hybridized carbons (Fsp3) is 0.222. The lowest BCUT2D eigenvalue weighted by Crippen LogP contribution is -2.09. The fourth-order valence-electron chi connectivity index (χ4n) is 2.15. The van der Waals surface area contributed by atoms with Crippen LogP contribution >= 0.6 is 0 Å². The Bertz CT molecular complexity index is 789. The van der Waals surface area contributed by atoms with Gasteiger partial charge >= 0.3 is 5.97 Å². The second-order valence-electron chi connectivity index (χ2n) is 5.14. The van der Waals surface area contributed by atoms with Crippen molar-refractivity contribution in [2.75, 3.05) is 19.5 Å². The van der Waals surface area contributed by atoms with Gasteiger partial charge in [-0.05, 0) is 43.7 Å². The van der Waals surface area contributed by atoms with Crippen molar-refractivity contribution >= 4 is 23.6 Å². The minimum atomic E-state index is -0.482. The zero-order valence-corrected chi connectivity index (χ0v) is 14.0. The molecule has 126 valence electrons. The van der Waals surface area contributed by atoms with Gasteiger partial charge in [-0.3, -0.25) is 4.79 Å². The standard InChI is InChI=1S/C18H19NO5/c1-11-5-7-16(22-3)15(9-11)19-17(20)8-6-13-10-14(12(2)24-13)18(21)23-4/h5-10H,1-4H3,(H,19,20). The molecule has 2 aromatic rings. The Morgan fingerprint density at radius 2 is 1.92 bits per heavy atom. The summed E-state index contributed by atoms with van der Waals surface area (Å²) in [6.45, 7) is 3.58. The van der Waals surface area contributed by atoms with Gasteiger partial charge in [0.1, 0.15) is 22.8 Å². The van der Waals surface area contributed by atoms with Crippen molar-refractivity contribution in [2.24, 2.45) is 0 Å². The predicted molar refractivity (Wildman–Crippen MR) is 90.2 cm³/mol. The average Bonchev–Trinajstić information content (AvgIpc) is 2.93. The number of rotatable bonds is 5. The quantitative estimate of drug-likeness (QED) is 0.672. The van der Waals surface area contributed by atoms with Gasteiger partial charge in [0.2, 0.25) is 5.91 Å². The molecule has 6 heteroatoms. The van der Waals surface area contributed by atoms with Gasteiger partial charge in [-0.15, -0.1) is 0 Å². The highest BCUT2D eigenvalue weighted by Crippen LogP contribution is 2.25. The topological polar surface area (TPSA) is 77.8 Å². The van der Waals surface area contributed by atoms with Crippen molar-refractivity contribution in [2.45, 2.75) is 13.8 Å². The Morgan fingerprint density at radius 1 is 1.17 bits per heavy atom. The Morgan fingerprint density at radius 3 is 2.58 bits per heavy atom. The third-order valence-electron chi connectivity index (χ3n) is 3.35. The molecule has 1 heterocycles. The minimum absolute atomic E-state index is 0.331. The zero-order chi connectivity index (χ0) is 17.7. The number of benzene rings is 1. The molecular weight excluding hydrogens is 310 g/mol. The summed E-state index contributed by atoms with van der Waals surface area (Å²) in [5.41, 5.74) is 1.91. The van der Waals surface area contributed by atoms with Crippen molar-refractivity contribution in [3.8, 4) is 5.75 Å². The number of aryl methyl sites for hydroxylation is 2. The largest absolute Gasteiger partial charge is 0.495 e. The summed E-state index contributed by atoms with van der Waals surface area (Å²) in [4.78, 5) is 23.6. The monoisotopic (exact) mass is 329 g/mol. The van der Waals surface area contributed by atoms with E-state index in [4.69, 9.17) is 9.15 Å². The molecule has 0 saturated heterocycles. The molecule has 0 fully saturated rings. The van der Waals surface area contributed by atoms with E-state index < -0.39 is 5.97 Å². The van der Waals surface area contributed by atoms with Crippen LogP contribution < -0.4 is 10.1 Å². The van der Waals surface area contributed by atoms with Crippen LogP contribution in [0.4, 0.5) is 5.69 Å². The molecule has 0 spiro atoms. The van der Waals surface area contributed by atoms with Gasteiger partial charge in [0.05, 0.1) is 19.9 Å². The molecule has 0 saturated carbocycles. The molecule has 0 atom stereocenters. The molecule has 0 aliphatic heterocycles. The van der Waals surface area contributed by atoms with E-state index in [2.05, 4.69) is 10.1 Å². The Labute approximate surface area is 140 Å². The summed E-state index contributed by atoms with van der Waals surface area (Å²) in [5, 5.41) is 2.74. The van der Waals surface area contributed by atoms with Crippen molar-refractivity contribution in [3.63, 3.8) is 0 Å². The smallest absolute Gasteiger partial charge is 0.341 e. The molecule has 1 aromatic heterocycles. The van der Waals surface area contributed by atoms with Crippen LogP contribution in [-0.4, -0.2) is 26.1 Å². The van der Waals surface area contributed by atoms with E-state index in [1.807, 2.05) is 19.1 Å². The molecule has 2 rings (SSSR count). The molecule has 1 aromatic carbocycles. The average molecular weight is 329 g/mol. The van der Waals surface area contributed by atoms with E-state index in [0.717, 1.165) is 5.56 Å². The van der Waals surface area contributed by atoms with Crippen molar-refractivity contribution < 1.29 is 23.5 Å². The number of anilines is 1. The number of hydrogen-bond acceptors (Lipinski definition) is 5. The summed E-state index contributed by atoms with van der Waals surface area (Å²) >= 11 is 0. The first-order chi connectivity index (χ1) is 11.4. The van der Waals surface area contributed by atoms with Crippen LogP contribution in [0.2, 0.25) is 0 Å². The highest BCUT2D eigenvalue weighted by atomic mass is 16.5. The highest BCUT2D eigenvalue weighted by molar-refractivity contribution is 6.02. The lowest BCUT2D eigenvalue weighted by Gasteiger charge is -2.09. The van der Waals surface area contributed by atoms with Crippen LogP contribution in [-0.2, 0) is 9.53 Å². The Kier molecular flexibility index (Phi) is 5.42. The molecular formula is C18H19NO5. The number of methoxy groups -OCH3 is 2. The summed E-state index contributed by atoms with van der Waals surface area (Å²) in [7, 11) is 2.84.